The molecule has 0 fully saturated rings. The van der Waals surface area contributed by atoms with Gasteiger partial charge in [-0.3, -0.25) is 14.9 Å². The fraction of sp³-hybridized carbons (Fsp3) is 0.0556. The van der Waals surface area contributed by atoms with Gasteiger partial charge in [-0.15, -0.1) is 0 Å². The van der Waals surface area contributed by atoms with E-state index in [-0.39, 0.29) is 32.6 Å². The lowest BCUT2D eigenvalue weighted by Gasteiger charge is -2.13. The van der Waals surface area contributed by atoms with Gasteiger partial charge in [-0.25, -0.2) is 4.79 Å². The minimum absolute atomic E-state index is 0.0146. The van der Waals surface area contributed by atoms with Crippen LogP contribution in [0.25, 0.3) is 6.08 Å². The molecule has 142 valence electrons. The molecule has 0 saturated heterocycles. The number of carbonyl (C=O) groups is 2. The highest BCUT2D eigenvalue weighted by molar-refractivity contribution is 6.34. The van der Waals surface area contributed by atoms with Crippen LogP contribution in [-0.4, -0.2) is 27.6 Å². The maximum Gasteiger partial charge on any atom is 0.337 e. The van der Waals surface area contributed by atoms with E-state index in [4.69, 9.17) is 23.2 Å². The minimum atomic E-state index is -1.23. The van der Waals surface area contributed by atoms with Crippen molar-refractivity contribution >= 4 is 58.2 Å². The van der Waals surface area contributed by atoms with Crippen LogP contribution in [0.2, 0.25) is 10.0 Å². The Hall–Kier alpha value is -3.23. The third-order valence-electron chi connectivity index (χ3n) is 3.97. The molecule has 8 nitrogen and oxygen atoms in total. The molecule has 0 aliphatic carbocycles. The molecular formula is C18H11Cl2N3O5. The molecule has 2 aromatic carbocycles. The summed E-state index contributed by atoms with van der Waals surface area (Å²) in [7, 11) is 0. The molecular weight excluding hydrogens is 409 g/mol. The lowest BCUT2D eigenvalue weighted by atomic mass is 10.1. The molecule has 0 atom stereocenters. The molecule has 2 aromatic rings. The number of halogens is 2. The Morgan fingerprint density at radius 1 is 1.21 bits per heavy atom. The fourth-order valence-electron chi connectivity index (χ4n) is 2.59. The topological polar surface area (TPSA) is 113 Å². The molecule has 28 heavy (non-hydrogen) atoms. The van der Waals surface area contributed by atoms with Gasteiger partial charge < -0.3 is 5.11 Å². The highest BCUT2D eigenvalue weighted by Gasteiger charge is 2.29. The number of anilines is 1. The number of nitro groups is 1. The molecule has 10 heteroatoms. The van der Waals surface area contributed by atoms with Gasteiger partial charge in [-0.2, -0.15) is 10.1 Å². The summed E-state index contributed by atoms with van der Waals surface area (Å²) in [6, 6.07) is 8.24. The van der Waals surface area contributed by atoms with Gasteiger partial charge in [0.25, 0.3) is 11.6 Å². The summed E-state index contributed by atoms with van der Waals surface area (Å²) in [4.78, 5) is 34.4. The van der Waals surface area contributed by atoms with Gasteiger partial charge in [0.15, 0.2) is 0 Å². The van der Waals surface area contributed by atoms with Crippen molar-refractivity contribution in [3.8, 4) is 0 Å². The van der Waals surface area contributed by atoms with Crippen LogP contribution in [-0.2, 0) is 4.79 Å². The van der Waals surface area contributed by atoms with E-state index in [1.807, 2.05) is 0 Å². The SMILES string of the molecule is CC1=NN(c2ccc(Cl)c(C(=O)O)c2)C(=O)/C1=C\c1ccc(Cl)c([N+](=O)[O-])c1. The zero-order chi connectivity index (χ0) is 20.6. The van der Waals surface area contributed by atoms with Crippen LogP contribution in [0.15, 0.2) is 47.1 Å². The number of nitrogens with zero attached hydrogens (tertiary/aromatic N) is 3. The average molecular weight is 420 g/mol. The summed E-state index contributed by atoms with van der Waals surface area (Å²) in [5.41, 5.74) is 0.773. The van der Waals surface area contributed by atoms with Crippen molar-refractivity contribution in [1.29, 1.82) is 0 Å². The van der Waals surface area contributed by atoms with Crippen molar-refractivity contribution in [2.45, 2.75) is 6.92 Å². The predicted molar refractivity (Wildman–Crippen MR) is 105 cm³/mol. The highest BCUT2D eigenvalue weighted by atomic mass is 35.5. The first-order valence-electron chi connectivity index (χ1n) is 7.77. The van der Waals surface area contributed by atoms with Gasteiger partial charge in [0.1, 0.15) is 5.02 Å². The Labute approximate surface area is 168 Å². The Bertz CT molecular complexity index is 1090. The van der Waals surface area contributed by atoms with E-state index >= 15 is 0 Å². The molecule has 0 bridgehead atoms. The quantitative estimate of drug-likeness (QED) is 0.447. The molecule has 1 aliphatic heterocycles. The van der Waals surface area contributed by atoms with Crippen LogP contribution in [0.3, 0.4) is 0 Å². The molecule has 1 amide bonds. The van der Waals surface area contributed by atoms with Crippen LogP contribution >= 0.6 is 23.2 Å². The van der Waals surface area contributed by atoms with Crippen molar-refractivity contribution in [1.82, 2.24) is 0 Å². The number of amides is 1. The van der Waals surface area contributed by atoms with E-state index in [2.05, 4.69) is 5.10 Å². The Morgan fingerprint density at radius 2 is 1.89 bits per heavy atom. The minimum Gasteiger partial charge on any atom is -0.478 e. The molecule has 3 rings (SSSR count). The Morgan fingerprint density at radius 3 is 2.54 bits per heavy atom. The summed E-state index contributed by atoms with van der Waals surface area (Å²) in [6.07, 6.45) is 1.46. The second-order valence-corrected chi connectivity index (χ2v) is 6.61. The van der Waals surface area contributed by atoms with Crippen LogP contribution < -0.4 is 5.01 Å². The van der Waals surface area contributed by atoms with E-state index in [1.54, 1.807) is 6.92 Å². The zero-order valence-electron chi connectivity index (χ0n) is 14.2. The number of aromatic carboxylic acids is 1. The van der Waals surface area contributed by atoms with Crippen LogP contribution in [0.1, 0.15) is 22.8 Å². The van der Waals surface area contributed by atoms with Crippen molar-refractivity contribution < 1.29 is 19.6 Å². The molecule has 0 unspecified atom stereocenters. The summed E-state index contributed by atoms with van der Waals surface area (Å²) in [5, 5.41) is 25.5. The normalized spacial score (nSPS) is 15.1. The lowest BCUT2D eigenvalue weighted by molar-refractivity contribution is -0.384. The number of hydrogen-bond acceptors (Lipinski definition) is 5. The number of rotatable bonds is 4. The van der Waals surface area contributed by atoms with E-state index in [0.717, 1.165) is 5.01 Å². The van der Waals surface area contributed by atoms with Gasteiger partial charge in [0.2, 0.25) is 0 Å². The fourth-order valence-corrected chi connectivity index (χ4v) is 2.98. The maximum atomic E-state index is 12.8. The van der Waals surface area contributed by atoms with Gasteiger partial charge in [-0.05, 0) is 42.8 Å². The summed E-state index contributed by atoms with van der Waals surface area (Å²) in [5.74, 6) is -1.74. The van der Waals surface area contributed by atoms with Crippen molar-refractivity contribution in [3.63, 3.8) is 0 Å². The van der Waals surface area contributed by atoms with Gasteiger partial charge in [-0.1, -0.05) is 29.3 Å². The summed E-state index contributed by atoms with van der Waals surface area (Å²) < 4.78 is 0. The molecule has 0 saturated carbocycles. The Kier molecular flexibility index (Phi) is 5.17. The third kappa shape index (κ3) is 3.60. The van der Waals surface area contributed by atoms with Crippen LogP contribution in [0, 0.1) is 10.1 Å². The number of nitro benzene ring substituents is 1. The van der Waals surface area contributed by atoms with E-state index in [9.17, 15) is 24.8 Å². The van der Waals surface area contributed by atoms with Crippen molar-refractivity contribution in [2.75, 3.05) is 5.01 Å². The van der Waals surface area contributed by atoms with Crippen molar-refractivity contribution in [3.05, 3.63) is 73.3 Å². The number of carboxylic acid groups (broad SMARTS) is 1. The van der Waals surface area contributed by atoms with Gasteiger partial charge >= 0.3 is 5.97 Å². The maximum absolute atomic E-state index is 12.8. The third-order valence-corrected chi connectivity index (χ3v) is 4.61. The smallest absolute Gasteiger partial charge is 0.337 e. The van der Waals surface area contributed by atoms with Crippen LogP contribution in [0.4, 0.5) is 11.4 Å². The largest absolute Gasteiger partial charge is 0.478 e. The zero-order valence-corrected chi connectivity index (χ0v) is 15.7. The van der Waals surface area contributed by atoms with Crippen LogP contribution in [0.5, 0.6) is 0 Å². The van der Waals surface area contributed by atoms with E-state index in [1.165, 1.54) is 42.5 Å². The second kappa shape index (κ2) is 7.41. The average Bonchev–Trinajstić information content (AvgIpc) is 2.91. The first-order chi connectivity index (χ1) is 13.2. The number of carboxylic acids is 1. The lowest BCUT2D eigenvalue weighted by Crippen LogP contribution is -2.21. The van der Waals surface area contributed by atoms with E-state index < -0.39 is 16.8 Å². The molecule has 0 radical (unpaired) electrons. The summed E-state index contributed by atoms with van der Waals surface area (Å²) >= 11 is 11.7. The number of benzene rings is 2. The number of hydrogen-bond donors (Lipinski definition) is 1. The predicted octanol–water partition coefficient (Wildman–Crippen LogP) is 4.41. The number of hydrazone groups is 1. The first-order valence-corrected chi connectivity index (χ1v) is 8.53. The van der Waals surface area contributed by atoms with E-state index in [0.29, 0.717) is 11.3 Å². The van der Waals surface area contributed by atoms with Crippen molar-refractivity contribution in [2.24, 2.45) is 5.10 Å². The molecule has 1 N–H and O–H groups in total. The van der Waals surface area contributed by atoms with Gasteiger partial charge in [0.05, 0.1) is 32.5 Å². The molecule has 1 heterocycles. The highest BCUT2D eigenvalue weighted by Crippen LogP contribution is 2.30. The Balaban J connectivity index is 1.99. The monoisotopic (exact) mass is 419 g/mol. The molecule has 0 spiro atoms. The second-order valence-electron chi connectivity index (χ2n) is 5.80. The standard InChI is InChI=1S/C18H11Cl2N3O5/c1-9-12(6-10-2-4-15(20)16(7-10)23(27)28)17(24)22(21-9)11-3-5-14(19)13(8-11)18(25)26/h2-8H,1H3,(H,25,26)/b12-6-. The van der Waals surface area contributed by atoms with Gasteiger partial charge in [0, 0.05) is 6.07 Å². The summed E-state index contributed by atoms with van der Waals surface area (Å²) in [6.45, 7) is 1.60. The molecule has 1 aliphatic rings. The number of carbonyl (C=O) groups excluding carboxylic acids is 1. The first kappa shape index (κ1) is 19.5. The molecule has 0 aromatic heterocycles.